The molecule has 0 bridgehead atoms. The Hall–Kier alpha value is -2.68. The third-order valence-electron chi connectivity index (χ3n) is 7.29. The summed E-state index contributed by atoms with van der Waals surface area (Å²) in [5.74, 6) is -3.82. The highest BCUT2D eigenvalue weighted by Gasteiger charge is 2.54. The van der Waals surface area contributed by atoms with Crippen molar-refractivity contribution in [3.05, 3.63) is 78.5 Å². The SMILES string of the molecule is CC(C)(C)[Si](OC[C@@H]1C[C@H](n2cnc3c(Cl)ncnc32)CC1(F)F)(c1ccccc1)c1ccccc1. The van der Waals surface area contributed by atoms with Crippen LogP contribution < -0.4 is 10.4 Å². The zero-order chi connectivity index (χ0) is 25.6. The summed E-state index contributed by atoms with van der Waals surface area (Å²) >= 11 is 6.13. The number of hydrogen-bond donors (Lipinski definition) is 0. The zero-order valence-corrected chi connectivity index (χ0v) is 22.3. The number of rotatable bonds is 6. The molecule has 9 heteroatoms. The molecule has 4 aromatic rings. The minimum atomic E-state index is -2.91. The lowest BCUT2D eigenvalue weighted by molar-refractivity contribution is -0.0528. The van der Waals surface area contributed by atoms with Crippen molar-refractivity contribution in [2.24, 2.45) is 5.92 Å². The summed E-state index contributed by atoms with van der Waals surface area (Å²) in [7, 11) is -2.91. The number of halogens is 3. The fraction of sp³-hybridized carbons (Fsp3) is 0.370. The number of fused-ring (bicyclic) bond motifs is 1. The molecule has 188 valence electrons. The average Bonchev–Trinajstić information content (AvgIpc) is 3.41. The van der Waals surface area contributed by atoms with Gasteiger partial charge >= 0.3 is 0 Å². The van der Waals surface area contributed by atoms with Crippen LogP contribution in [-0.4, -0.2) is 40.4 Å². The van der Waals surface area contributed by atoms with Crippen molar-refractivity contribution >= 4 is 41.5 Å². The summed E-state index contributed by atoms with van der Waals surface area (Å²) in [5, 5.41) is 2.09. The van der Waals surface area contributed by atoms with E-state index in [4.69, 9.17) is 16.0 Å². The predicted molar refractivity (Wildman–Crippen MR) is 141 cm³/mol. The number of benzene rings is 2. The molecule has 2 atom stereocenters. The van der Waals surface area contributed by atoms with E-state index in [1.165, 1.54) is 12.7 Å². The van der Waals surface area contributed by atoms with Gasteiger partial charge < -0.3 is 8.99 Å². The molecule has 1 aliphatic carbocycles. The largest absolute Gasteiger partial charge is 0.407 e. The van der Waals surface area contributed by atoms with Gasteiger partial charge in [0.05, 0.1) is 6.33 Å². The number of alkyl halides is 2. The Morgan fingerprint density at radius 2 is 1.61 bits per heavy atom. The van der Waals surface area contributed by atoms with Gasteiger partial charge in [-0.05, 0) is 21.8 Å². The Morgan fingerprint density at radius 3 is 2.19 bits per heavy atom. The van der Waals surface area contributed by atoms with Gasteiger partial charge in [0.2, 0.25) is 0 Å². The van der Waals surface area contributed by atoms with Gasteiger partial charge in [-0.3, -0.25) is 0 Å². The van der Waals surface area contributed by atoms with Gasteiger partial charge in [-0.15, -0.1) is 0 Å². The van der Waals surface area contributed by atoms with Gasteiger partial charge in [0.25, 0.3) is 14.2 Å². The lowest BCUT2D eigenvalue weighted by Crippen LogP contribution is -2.67. The monoisotopic (exact) mass is 526 g/mol. The van der Waals surface area contributed by atoms with Crippen molar-refractivity contribution in [3.8, 4) is 0 Å². The van der Waals surface area contributed by atoms with E-state index in [1.54, 1.807) is 4.57 Å². The molecule has 0 amide bonds. The van der Waals surface area contributed by atoms with Crippen LogP contribution in [0.4, 0.5) is 8.78 Å². The third kappa shape index (κ3) is 4.25. The number of nitrogens with zero attached hydrogens (tertiary/aromatic N) is 4. The Morgan fingerprint density at radius 1 is 1.00 bits per heavy atom. The van der Waals surface area contributed by atoms with Crippen molar-refractivity contribution < 1.29 is 13.2 Å². The van der Waals surface area contributed by atoms with E-state index in [1.807, 2.05) is 36.4 Å². The van der Waals surface area contributed by atoms with Crippen LogP contribution in [0.25, 0.3) is 11.2 Å². The second-order valence-electron chi connectivity index (χ2n) is 10.5. The molecule has 2 heterocycles. The van der Waals surface area contributed by atoms with Crippen LogP contribution in [0.1, 0.15) is 39.7 Å². The summed E-state index contributed by atoms with van der Waals surface area (Å²) in [4.78, 5) is 12.5. The van der Waals surface area contributed by atoms with Crippen LogP contribution in [0.5, 0.6) is 0 Å². The highest BCUT2D eigenvalue weighted by atomic mass is 35.5. The van der Waals surface area contributed by atoms with E-state index in [9.17, 15) is 0 Å². The Bertz CT molecular complexity index is 1300. The molecule has 0 unspecified atom stereocenters. The molecule has 5 nitrogen and oxygen atoms in total. The molecule has 0 radical (unpaired) electrons. The topological polar surface area (TPSA) is 52.8 Å². The third-order valence-corrected chi connectivity index (χ3v) is 12.6. The first kappa shape index (κ1) is 25.0. The second kappa shape index (κ2) is 9.32. The summed E-state index contributed by atoms with van der Waals surface area (Å²) in [5.41, 5.74) is 0.902. The highest BCUT2D eigenvalue weighted by molar-refractivity contribution is 6.99. The van der Waals surface area contributed by atoms with Gasteiger partial charge in [0.1, 0.15) is 11.8 Å². The van der Waals surface area contributed by atoms with E-state index in [0.29, 0.717) is 11.2 Å². The Balaban J connectivity index is 1.48. The van der Waals surface area contributed by atoms with Crippen LogP contribution in [0.3, 0.4) is 0 Å². The molecule has 0 spiro atoms. The van der Waals surface area contributed by atoms with E-state index >= 15 is 8.78 Å². The maximum Gasteiger partial charge on any atom is 0.261 e. The van der Waals surface area contributed by atoms with Crippen LogP contribution in [0, 0.1) is 5.92 Å². The van der Waals surface area contributed by atoms with Gasteiger partial charge in [0.15, 0.2) is 10.8 Å². The Kier molecular flexibility index (Phi) is 6.47. The minimum absolute atomic E-state index is 0.0286. The first-order chi connectivity index (χ1) is 17.1. The molecular weight excluding hydrogens is 498 g/mol. The van der Waals surface area contributed by atoms with Crippen molar-refractivity contribution in [2.45, 2.75) is 50.6 Å². The van der Waals surface area contributed by atoms with Crippen molar-refractivity contribution in [1.29, 1.82) is 0 Å². The van der Waals surface area contributed by atoms with E-state index in [2.05, 4.69) is 60.0 Å². The molecule has 2 aromatic heterocycles. The average molecular weight is 527 g/mol. The standard InChI is InChI=1S/C27H29ClF2N4OSi/c1-26(2,3)36(21-10-6-4-7-11-21,22-12-8-5-9-13-22)35-16-19-14-20(15-27(19,29)30)34-18-33-23-24(28)31-17-32-25(23)34/h4-13,17-20H,14-16H2,1-3H3/t19-,20-/m0/s1. The van der Waals surface area contributed by atoms with Gasteiger partial charge in [0, 0.05) is 25.0 Å². The van der Waals surface area contributed by atoms with Crippen LogP contribution >= 0.6 is 11.6 Å². The first-order valence-corrected chi connectivity index (χ1v) is 14.4. The summed E-state index contributed by atoms with van der Waals surface area (Å²) in [6.07, 6.45) is 2.84. The smallest absolute Gasteiger partial charge is 0.261 e. The number of imidazole rings is 1. The zero-order valence-electron chi connectivity index (χ0n) is 20.5. The van der Waals surface area contributed by atoms with E-state index in [-0.39, 0.29) is 29.6 Å². The maximum atomic E-state index is 15.4. The van der Waals surface area contributed by atoms with Gasteiger partial charge in [-0.2, -0.15) is 0 Å². The highest BCUT2D eigenvalue weighted by Crippen LogP contribution is 2.48. The lowest BCUT2D eigenvalue weighted by atomic mass is 10.1. The molecule has 0 saturated heterocycles. The molecule has 5 rings (SSSR count). The minimum Gasteiger partial charge on any atom is -0.407 e. The van der Waals surface area contributed by atoms with Crippen LogP contribution in [0.15, 0.2) is 73.3 Å². The van der Waals surface area contributed by atoms with Crippen LogP contribution in [-0.2, 0) is 4.43 Å². The summed E-state index contributed by atoms with van der Waals surface area (Å²) in [6, 6.07) is 19.7. The molecule has 0 N–H and O–H groups in total. The molecule has 1 aliphatic rings. The molecule has 36 heavy (non-hydrogen) atoms. The second-order valence-corrected chi connectivity index (χ2v) is 15.2. The first-order valence-electron chi connectivity index (χ1n) is 12.1. The lowest BCUT2D eigenvalue weighted by Gasteiger charge is -2.43. The van der Waals surface area contributed by atoms with Gasteiger partial charge in [-0.1, -0.05) is 93.0 Å². The summed E-state index contributed by atoms with van der Waals surface area (Å²) in [6.45, 7) is 6.42. The van der Waals surface area contributed by atoms with E-state index < -0.39 is 26.2 Å². The fourth-order valence-corrected chi connectivity index (χ4v) is 10.3. The van der Waals surface area contributed by atoms with Crippen LogP contribution in [0.2, 0.25) is 10.2 Å². The molecule has 1 fully saturated rings. The fourth-order valence-electron chi connectivity index (χ4n) is 5.54. The molecule has 0 aliphatic heterocycles. The Labute approximate surface area is 215 Å². The maximum absolute atomic E-state index is 15.4. The normalized spacial score (nSPS) is 20.2. The van der Waals surface area contributed by atoms with Gasteiger partial charge in [-0.25, -0.2) is 23.7 Å². The molecule has 1 saturated carbocycles. The van der Waals surface area contributed by atoms with E-state index in [0.717, 1.165) is 10.4 Å². The summed E-state index contributed by atoms with van der Waals surface area (Å²) < 4.78 is 39.5. The predicted octanol–water partition coefficient (Wildman–Crippen LogP) is 5.64. The quantitative estimate of drug-likeness (QED) is 0.241. The van der Waals surface area contributed by atoms with Crippen molar-refractivity contribution in [3.63, 3.8) is 0 Å². The number of aromatic nitrogens is 4. The number of hydrogen-bond acceptors (Lipinski definition) is 4. The van der Waals surface area contributed by atoms with Crippen molar-refractivity contribution in [2.75, 3.05) is 6.61 Å². The molecular formula is C27H29ClF2N4OSi. The molecule has 2 aromatic carbocycles. The van der Waals surface area contributed by atoms with Crippen molar-refractivity contribution in [1.82, 2.24) is 19.5 Å².